The second kappa shape index (κ2) is 8.20. The van der Waals surface area contributed by atoms with E-state index in [1.54, 1.807) is 14.2 Å². The van der Waals surface area contributed by atoms with Crippen LogP contribution in [0.5, 0.6) is 5.75 Å². The number of para-hydroxylation sites is 1. The Morgan fingerprint density at radius 2 is 1.77 bits per heavy atom. The van der Waals surface area contributed by atoms with Crippen LogP contribution in [0.15, 0.2) is 48.5 Å². The van der Waals surface area contributed by atoms with E-state index in [2.05, 4.69) is 5.32 Å². The van der Waals surface area contributed by atoms with Gasteiger partial charge in [0.15, 0.2) is 0 Å². The first-order valence-corrected chi connectivity index (χ1v) is 7.22. The Morgan fingerprint density at radius 3 is 2.45 bits per heavy atom. The number of hydrogen-bond acceptors (Lipinski definition) is 3. The number of nitrogens with one attached hydrogen (secondary N) is 1. The third kappa shape index (κ3) is 4.33. The molecule has 4 nitrogen and oxygen atoms in total. The first kappa shape index (κ1) is 16.0. The van der Waals surface area contributed by atoms with Crippen LogP contribution in [0.3, 0.4) is 0 Å². The molecule has 0 aliphatic heterocycles. The Labute approximate surface area is 131 Å². The van der Waals surface area contributed by atoms with Gasteiger partial charge in [0.2, 0.25) is 0 Å². The van der Waals surface area contributed by atoms with Crippen molar-refractivity contribution in [1.29, 1.82) is 0 Å². The molecule has 0 fully saturated rings. The summed E-state index contributed by atoms with van der Waals surface area (Å²) in [5, 5.41) is 2.92. The molecule has 0 aromatic heterocycles. The zero-order valence-corrected chi connectivity index (χ0v) is 13.0. The van der Waals surface area contributed by atoms with E-state index in [1.807, 2.05) is 48.5 Å². The maximum Gasteiger partial charge on any atom is 0.251 e. The van der Waals surface area contributed by atoms with Gasteiger partial charge in [0.1, 0.15) is 5.75 Å². The van der Waals surface area contributed by atoms with Gasteiger partial charge in [0.05, 0.1) is 13.7 Å². The van der Waals surface area contributed by atoms with E-state index in [4.69, 9.17) is 9.47 Å². The summed E-state index contributed by atoms with van der Waals surface area (Å²) in [6, 6.07) is 15.3. The molecule has 2 aromatic carbocycles. The van der Waals surface area contributed by atoms with E-state index in [-0.39, 0.29) is 5.91 Å². The second-order valence-corrected chi connectivity index (χ2v) is 4.95. The molecule has 2 aromatic rings. The van der Waals surface area contributed by atoms with Crippen molar-refractivity contribution in [2.24, 2.45) is 0 Å². The summed E-state index contributed by atoms with van der Waals surface area (Å²) < 4.78 is 10.4. The molecule has 2 rings (SSSR count). The summed E-state index contributed by atoms with van der Waals surface area (Å²) in [4.78, 5) is 12.1. The van der Waals surface area contributed by atoms with Crippen molar-refractivity contribution >= 4 is 5.91 Å². The van der Waals surface area contributed by atoms with Crippen molar-refractivity contribution in [3.05, 3.63) is 65.2 Å². The molecule has 0 bridgehead atoms. The summed E-state index contributed by atoms with van der Waals surface area (Å²) >= 11 is 0. The molecule has 0 radical (unpaired) electrons. The highest BCUT2D eigenvalue weighted by Gasteiger charge is 2.06. The molecular formula is C18H21NO3. The smallest absolute Gasteiger partial charge is 0.251 e. The number of ether oxygens (including phenoxy) is 2. The normalized spacial score (nSPS) is 10.3. The predicted octanol–water partition coefficient (Wildman–Crippen LogP) is 2.81. The second-order valence-electron chi connectivity index (χ2n) is 4.95. The van der Waals surface area contributed by atoms with Crippen molar-refractivity contribution in [2.45, 2.75) is 13.0 Å². The Bertz CT molecular complexity index is 608. The first-order valence-electron chi connectivity index (χ1n) is 7.22. The van der Waals surface area contributed by atoms with Gasteiger partial charge in [-0.3, -0.25) is 4.79 Å². The van der Waals surface area contributed by atoms with Gasteiger partial charge in [-0.15, -0.1) is 0 Å². The van der Waals surface area contributed by atoms with E-state index >= 15 is 0 Å². The maximum atomic E-state index is 12.1. The van der Waals surface area contributed by atoms with E-state index in [0.717, 1.165) is 23.3 Å². The molecule has 0 atom stereocenters. The van der Waals surface area contributed by atoms with Crippen molar-refractivity contribution in [3.8, 4) is 5.75 Å². The van der Waals surface area contributed by atoms with Crippen molar-refractivity contribution in [2.75, 3.05) is 20.8 Å². The van der Waals surface area contributed by atoms with Crippen LogP contribution in [0.2, 0.25) is 0 Å². The van der Waals surface area contributed by atoms with Gasteiger partial charge in [-0.1, -0.05) is 30.3 Å². The van der Waals surface area contributed by atoms with Gasteiger partial charge < -0.3 is 14.8 Å². The third-order valence-corrected chi connectivity index (χ3v) is 3.40. The number of carbonyl (C=O) groups excluding carboxylic acids is 1. The number of hydrogen-bond donors (Lipinski definition) is 1. The van der Waals surface area contributed by atoms with Crippen LogP contribution in [0.1, 0.15) is 21.5 Å². The van der Waals surface area contributed by atoms with Gasteiger partial charge in [0, 0.05) is 19.2 Å². The van der Waals surface area contributed by atoms with Gasteiger partial charge in [-0.25, -0.2) is 0 Å². The van der Waals surface area contributed by atoms with Gasteiger partial charge in [0.25, 0.3) is 5.91 Å². The lowest BCUT2D eigenvalue weighted by atomic mass is 10.1. The molecule has 0 unspecified atom stereocenters. The van der Waals surface area contributed by atoms with E-state index < -0.39 is 0 Å². The van der Waals surface area contributed by atoms with Gasteiger partial charge in [-0.05, 0) is 35.7 Å². The summed E-state index contributed by atoms with van der Waals surface area (Å²) in [7, 11) is 3.30. The lowest BCUT2D eigenvalue weighted by Crippen LogP contribution is -2.25. The molecule has 0 saturated carbocycles. The van der Waals surface area contributed by atoms with Gasteiger partial charge >= 0.3 is 0 Å². The minimum Gasteiger partial charge on any atom is -0.496 e. The maximum absolute atomic E-state index is 12.1. The Balaban J connectivity index is 1.87. The highest BCUT2D eigenvalue weighted by atomic mass is 16.5. The SMILES string of the molecule is COCc1ccc(C(=O)NCCc2ccccc2OC)cc1. The molecular weight excluding hydrogens is 278 g/mol. The van der Waals surface area contributed by atoms with E-state index in [9.17, 15) is 4.79 Å². The molecule has 4 heteroatoms. The summed E-state index contributed by atoms with van der Waals surface area (Å²) in [6.07, 6.45) is 0.734. The van der Waals surface area contributed by atoms with Crippen LogP contribution < -0.4 is 10.1 Å². The lowest BCUT2D eigenvalue weighted by Gasteiger charge is -2.09. The molecule has 0 aliphatic carbocycles. The average molecular weight is 299 g/mol. The summed E-state index contributed by atoms with van der Waals surface area (Å²) in [5.74, 6) is 0.777. The average Bonchev–Trinajstić information content (AvgIpc) is 2.56. The molecule has 22 heavy (non-hydrogen) atoms. The van der Waals surface area contributed by atoms with Crippen molar-refractivity contribution < 1.29 is 14.3 Å². The van der Waals surface area contributed by atoms with E-state index in [1.165, 1.54) is 0 Å². The minimum absolute atomic E-state index is 0.0705. The molecule has 0 spiro atoms. The molecule has 0 saturated heterocycles. The van der Waals surface area contributed by atoms with Crippen LogP contribution in [0.4, 0.5) is 0 Å². The fraction of sp³-hybridized carbons (Fsp3) is 0.278. The number of rotatable bonds is 7. The molecule has 1 amide bonds. The third-order valence-electron chi connectivity index (χ3n) is 3.40. The predicted molar refractivity (Wildman–Crippen MR) is 86.2 cm³/mol. The molecule has 0 heterocycles. The zero-order valence-electron chi connectivity index (χ0n) is 13.0. The largest absolute Gasteiger partial charge is 0.496 e. The van der Waals surface area contributed by atoms with Crippen molar-refractivity contribution in [1.82, 2.24) is 5.32 Å². The Morgan fingerprint density at radius 1 is 1.05 bits per heavy atom. The summed E-state index contributed by atoms with van der Waals surface area (Å²) in [5.41, 5.74) is 2.79. The van der Waals surface area contributed by atoms with Crippen molar-refractivity contribution in [3.63, 3.8) is 0 Å². The monoisotopic (exact) mass is 299 g/mol. The molecule has 1 N–H and O–H groups in total. The van der Waals surface area contributed by atoms with E-state index in [0.29, 0.717) is 18.7 Å². The highest BCUT2D eigenvalue weighted by molar-refractivity contribution is 5.94. The number of amides is 1. The van der Waals surface area contributed by atoms with Crippen LogP contribution in [0, 0.1) is 0 Å². The van der Waals surface area contributed by atoms with Crippen LogP contribution in [0.25, 0.3) is 0 Å². The zero-order chi connectivity index (χ0) is 15.8. The highest BCUT2D eigenvalue weighted by Crippen LogP contribution is 2.17. The van der Waals surface area contributed by atoms with Crippen LogP contribution in [-0.2, 0) is 17.8 Å². The summed E-state index contributed by atoms with van der Waals surface area (Å²) in [6.45, 7) is 1.12. The topological polar surface area (TPSA) is 47.6 Å². The fourth-order valence-electron chi connectivity index (χ4n) is 2.24. The first-order chi connectivity index (χ1) is 10.7. The Kier molecular flexibility index (Phi) is 5.98. The number of methoxy groups -OCH3 is 2. The van der Waals surface area contributed by atoms with Gasteiger partial charge in [-0.2, -0.15) is 0 Å². The number of carbonyl (C=O) groups is 1. The Hall–Kier alpha value is -2.33. The minimum atomic E-state index is -0.0705. The molecule has 0 aliphatic rings. The molecule has 116 valence electrons. The quantitative estimate of drug-likeness (QED) is 0.855. The fourth-order valence-corrected chi connectivity index (χ4v) is 2.24. The standard InChI is InChI=1S/C18H21NO3/c1-21-13-14-7-9-16(10-8-14)18(20)19-12-11-15-5-3-4-6-17(15)22-2/h3-10H,11-13H2,1-2H3,(H,19,20). The number of benzene rings is 2. The van der Waals surface area contributed by atoms with Crippen LogP contribution >= 0.6 is 0 Å². The lowest BCUT2D eigenvalue weighted by molar-refractivity contribution is 0.0954. The van der Waals surface area contributed by atoms with Crippen LogP contribution in [-0.4, -0.2) is 26.7 Å².